The summed E-state index contributed by atoms with van der Waals surface area (Å²) in [5, 5.41) is 3.22. The number of nitrogens with two attached hydrogens (primary N) is 1. The molecule has 0 spiro atoms. The summed E-state index contributed by atoms with van der Waals surface area (Å²) in [4.78, 5) is 44.3. The molecule has 0 atom stereocenters. The van der Waals surface area contributed by atoms with Crippen molar-refractivity contribution in [1.82, 2.24) is 20.3 Å². The summed E-state index contributed by atoms with van der Waals surface area (Å²) >= 11 is 0. The van der Waals surface area contributed by atoms with Crippen molar-refractivity contribution >= 4 is 41.8 Å². The minimum atomic E-state index is -0.645. The van der Waals surface area contributed by atoms with E-state index in [0.717, 1.165) is 25.7 Å². The Morgan fingerprint density at radius 1 is 1.20 bits per heavy atom. The molecule has 3 rings (SSSR count). The van der Waals surface area contributed by atoms with Gasteiger partial charge in [-0.05, 0) is 44.2 Å². The highest BCUT2D eigenvalue weighted by Gasteiger charge is 2.21. The van der Waals surface area contributed by atoms with E-state index < -0.39 is 11.2 Å². The van der Waals surface area contributed by atoms with Crippen LogP contribution in [0.25, 0.3) is 11.0 Å². The summed E-state index contributed by atoms with van der Waals surface area (Å²) in [6, 6.07) is 1.85. The topological polar surface area (TPSA) is 134 Å². The molecule has 0 aliphatic heterocycles. The molecule has 0 saturated heterocycles. The smallest absolute Gasteiger partial charge is 0.327 e. The molecule has 1 fully saturated rings. The summed E-state index contributed by atoms with van der Waals surface area (Å²) in [6.07, 6.45) is 3.46. The summed E-state index contributed by atoms with van der Waals surface area (Å²) in [6.45, 7) is 1.70. The van der Waals surface area contributed by atoms with Crippen molar-refractivity contribution in [2.75, 3.05) is 0 Å². The predicted octanol–water partition coefficient (Wildman–Crippen LogP) is 0.763. The maximum absolute atomic E-state index is 12.4. The molecule has 1 aliphatic rings. The molecule has 8 nitrogen and oxygen atoms in total. The molecular weight excluding hydrogens is 369 g/mol. The van der Waals surface area contributed by atoms with Gasteiger partial charge in [-0.3, -0.25) is 19.6 Å². The third-order valence-corrected chi connectivity index (χ3v) is 4.24. The lowest BCUT2D eigenvalue weighted by Gasteiger charge is -2.26. The van der Waals surface area contributed by atoms with Gasteiger partial charge in [0.15, 0.2) is 0 Å². The van der Waals surface area contributed by atoms with Crippen molar-refractivity contribution in [2.45, 2.75) is 44.7 Å². The van der Waals surface area contributed by atoms with Crippen LogP contribution in [0, 0.1) is 6.92 Å². The molecule has 1 amide bonds. The van der Waals surface area contributed by atoms with Gasteiger partial charge in [0.05, 0.1) is 5.39 Å². The van der Waals surface area contributed by atoms with Gasteiger partial charge in [-0.15, -0.1) is 24.8 Å². The van der Waals surface area contributed by atoms with E-state index >= 15 is 0 Å². The Morgan fingerprint density at radius 2 is 1.84 bits per heavy atom. The van der Waals surface area contributed by atoms with Crippen LogP contribution in [0.5, 0.6) is 0 Å². The van der Waals surface area contributed by atoms with Crippen LogP contribution in [0.15, 0.2) is 15.7 Å². The summed E-state index contributed by atoms with van der Waals surface area (Å²) in [5.41, 5.74) is 5.59. The molecule has 2 heterocycles. The first kappa shape index (κ1) is 21.1. The predicted molar refractivity (Wildman–Crippen MR) is 99.9 cm³/mol. The number of hydrogen-bond acceptors (Lipinski definition) is 5. The average Bonchev–Trinajstić information content (AvgIpc) is 2.48. The van der Waals surface area contributed by atoms with Crippen molar-refractivity contribution in [3.63, 3.8) is 0 Å². The molecule has 138 valence electrons. The molecule has 10 heteroatoms. The second kappa shape index (κ2) is 8.46. The van der Waals surface area contributed by atoms with Gasteiger partial charge >= 0.3 is 5.69 Å². The van der Waals surface area contributed by atoms with Crippen molar-refractivity contribution < 1.29 is 4.79 Å². The minimum absolute atomic E-state index is 0. The lowest BCUT2D eigenvalue weighted by Crippen LogP contribution is -2.40. The zero-order valence-electron chi connectivity index (χ0n) is 13.6. The van der Waals surface area contributed by atoms with E-state index in [1.54, 1.807) is 13.0 Å². The van der Waals surface area contributed by atoms with E-state index in [0.29, 0.717) is 5.56 Å². The van der Waals surface area contributed by atoms with Crippen LogP contribution in [0.2, 0.25) is 0 Å². The molecule has 25 heavy (non-hydrogen) atoms. The number of carbonyl (C=O) groups is 1. The Morgan fingerprint density at radius 3 is 2.48 bits per heavy atom. The third kappa shape index (κ3) is 4.59. The molecule has 5 N–H and O–H groups in total. The fraction of sp³-hybridized carbons (Fsp3) is 0.467. The first-order valence-electron chi connectivity index (χ1n) is 7.64. The maximum atomic E-state index is 12.4. The molecule has 0 radical (unpaired) electrons. The zero-order valence-corrected chi connectivity index (χ0v) is 15.3. The van der Waals surface area contributed by atoms with E-state index in [9.17, 15) is 14.4 Å². The summed E-state index contributed by atoms with van der Waals surface area (Å²) in [7, 11) is 0. The number of pyridine rings is 1. The number of carbonyl (C=O) groups excluding carboxylic acids is 1. The van der Waals surface area contributed by atoms with E-state index in [1.165, 1.54) is 0 Å². The molecule has 0 aromatic carbocycles. The number of amides is 1. The third-order valence-electron chi connectivity index (χ3n) is 4.24. The van der Waals surface area contributed by atoms with Crippen LogP contribution >= 0.6 is 24.8 Å². The molecular formula is C15H21Cl2N5O3. The van der Waals surface area contributed by atoms with E-state index in [2.05, 4.69) is 20.3 Å². The second-order valence-corrected chi connectivity index (χ2v) is 6.04. The number of aromatic nitrogens is 3. The van der Waals surface area contributed by atoms with Crippen molar-refractivity contribution in [1.29, 1.82) is 0 Å². The number of rotatable bonds is 2. The van der Waals surface area contributed by atoms with Crippen molar-refractivity contribution in [3.05, 3.63) is 38.2 Å². The zero-order chi connectivity index (χ0) is 16.6. The number of nitrogens with one attached hydrogen (secondary N) is 3. The Labute approximate surface area is 155 Å². The van der Waals surface area contributed by atoms with Crippen LogP contribution in [-0.2, 0) is 0 Å². The highest BCUT2D eigenvalue weighted by atomic mass is 35.5. The first-order valence-corrected chi connectivity index (χ1v) is 7.64. The Bertz CT molecular complexity index is 872. The number of hydrogen-bond donors (Lipinski definition) is 4. The number of aryl methyl sites for hydroxylation is 1. The normalized spacial score (nSPS) is 19.6. The van der Waals surface area contributed by atoms with Gasteiger partial charge in [0, 0.05) is 12.1 Å². The van der Waals surface area contributed by atoms with Crippen LogP contribution < -0.4 is 22.3 Å². The lowest BCUT2D eigenvalue weighted by atomic mass is 9.92. The van der Waals surface area contributed by atoms with Crippen LogP contribution in [0.1, 0.15) is 41.7 Å². The van der Waals surface area contributed by atoms with Crippen LogP contribution in [0.4, 0.5) is 0 Å². The van der Waals surface area contributed by atoms with Gasteiger partial charge in [0.25, 0.3) is 11.5 Å². The van der Waals surface area contributed by atoms with Gasteiger partial charge in [0.1, 0.15) is 11.3 Å². The molecule has 2 aromatic rings. The number of nitrogens with zero attached hydrogens (tertiary/aromatic N) is 1. The summed E-state index contributed by atoms with van der Waals surface area (Å²) < 4.78 is 0. The van der Waals surface area contributed by atoms with Crippen LogP contribution in [0.3, 0.4) is 0 Å². The number of aromatic amines is 2. The molecule has 0 unspecified atom stereocenters. The number of fused-ring (bicyclic) bond motifs is 1. The molecule has 1 aliphatic carbocycles. The standard InChI is InChI=1S/C15H19N5O3.2ClH/c1-7-6-10(13(21)17-9-4-2-8(16)3-5-9)18-12-11(7)14(22)20-15(23)19-12;;/h6,8-9H,2-5,16H2,1H3,(H,17,21)(H2,18,19,20,22,23);2*1H. The fourth-order valence-electron chi connectivity index (χ4n) is 2.99. The van der Waals surface area contributed by atoms with Gasteiger partial charge in [-0.25, -0.2) is 9.78 Å². The highest BCUT2D eigenvalue weighted by molar-refractivity contribution is 5.95. The Balaban J connectivity index is 0.00000156. The monoisotopic (exact) mass is 389 g/mol. The van der Waals surface area contributed by atoms with Gasteiger partial charge in [0.2, 0.25) is 0 Å². The lowest BCUT2D eigenvalue weighted by molar-refractivity contribution is 0.0921. The largest absolute Gasteiger partial charge is 0.348 e. The Hall–Kier alpha value is -1.90. The molecule has 0 bridgehead atoms. The number of H-pyrrole nitrogens is 2. The highest BCUT2D eigenvalue weighted by Crippen LogP contribution is 2.18. The average molecular weight is 390 g/mol. The maximum Gasteiger partial charge on any atom is 0.327 e. The Kier molecular flexibility index (Phi) is 7.16. The van der Waals surface area contributed by atoms with E-state index in [4.69, 9.17) is 5.73 Å². The second-order valence-electron chi connectivity index (χ2n) is 6.04. The number of halogens is 2. The van der Waals surface area contributed by atoms with Crippen molar-refractivity contribution in [2.24, 2.45) is 5.73 Å². The first-order chi connectivity index (χ1) is 10.9. The molecule has 1 saturated carbocycles. The SMILES string of the molecule is Cc1cc(C(=O)NC2CCC(N)CC2)nc2[nH]c(=O)[nH]c(=O)c12.Cl.Cl. The van der Waals surface area contributed by atoms with Gasteiger partial charge < -0.3 is 11.1 Å². The fourth-order valence-corrected chi connectivity index (χ4v) is 2.99. The van der Waals surface area contributed by atoms with Crippen molar-refractivity contribution in [3.8, 4) is 0 Å². The van der Waals surface area contributed by atoms with Gasteiger partial charge in [-0.1, -0.05) is 0 Å². The summed E-state index contributed by atoms with van der Waals surface area (Å²) in [5.74, 6) is -0.309. The van der Waals surface area contributed by atoms with E-state index in [-0.39, 0.29) is 59.5 Å². The quantitative estimate of drug-likeness (QED) is 0.601. The van der Waals surface area contributed by atoms with E-state index in [1.807, 2.05) is 0 Å². The minimum Gasteiger partial charge on any atom is -0.348 e. The molecule has 2 aromatic heterocycles. The van der Waals surface area contributed by atoms with Gasteiger partial charge in [-0.2, -0.15) is 0 Å². The van der Waals surface area contributed by atoms with Crippen LogP contribution in [-0.4, -0.2) is 32.9 Å².